The molecule has 1 aromatic carbocycles. The van der Waals surface area contributed by atoms with Gasteiger partial charge in [-0.2, -0.15) is 4.31 Å². The molecule has 0 unspecified atom stereocenters. The molecule has 9 nitrogen and oxygen atoms in total. The van der Waals surface area contributed by atoms with Crippen LogP contribution in [0.25, 0.3) is 21.8 Å². The highest BCUT2D eigenvalue weighted by atomic mass is 35.5. The Balaban J connectivity index is 0.00000289. The van der Waals surface area contributed by atoms with Crippen LogP contribution in [0, 0.1) is 0 Å². The highest BCUT2D eigenvalue weighted by Gasteiger charge is 2.38. The zero-order chi connectivity index (χ0) is 22.3. The number of pyridine rings is 1. The molecular formula is C21H27ClN4O5S. The van der Waals surface area contributed by atoms with Crippen LogP contribution >= 0.6 is 12.4 Å². The van der Waals surface area contributed by atoms with E-state index in [1.807, 2.05) is 6.92 Å². The van der Waals surface area contributed by atoms with Gasteiger partial charge in [-0.25, -0.2) is 13.2 Å². The number of nitrogens with one attached hydrogen (secondary N) is 2. The van der Waals surface area contributed by atoms with E-state index >= 15 is 0 Å². The van der Waals surface area contributed by atoms with Crippen molar-refractivity contribution in [1.82, 2.24) is 14.3 Å². The summed E-state index contributed by atoms with van der Waals surface area (Å²) in [6.07, 6.45) is 3.70. The van der Waals surface area contributed by atoms with Crippen LogP contribution in [0.3, 0.4) is 0 Å². The number of ether oxygens (including phenoxy) is 1. The summed E-state index contributed by atoms with van der Waals surface area (Å²) in [7, 11) is -3.80. The van der Waals surface area contributed by atoms with Gasteiger partial charge in [-0.15, -0.1) is 12.4 Å². The fourth-order valence-electron chi connectivity index (χ4n) is 3.73. The maximum Gasteiger partial charge on any atom is 0.340 e. The van der Waals surface area contributed by atoms with Gasteiger partial charge in [0.05, 0.1) is 17.1 Å². The van der Waals surface area contributed by atoms with Gasteiger partial charge in [-0.3, -0.25) is 4.79 Å². The molecule has 32 heavy (non-hydrogen) atoms. The van der Waals surface area contributed by atoms with Crippen molar-refractivity contribution in [2.75, 3.05) is 13.2 Å². The molecule has 4 rings (SSSR count). The van der Waals surface area contributed by atoms with E-state index in [4.69, 9.17) is 10.5 Å². The van der Waals surface area contributed by atoms with Crippen molar-refractivity contribution in [2.45, 2.75) is 50.1 Å². The minimum atomic E-state index is -3.80. The molecule has 0 radical (unpaired) electrons. The van der Waals surface area contributed by atoms with E-state index in [-0.39, 0.29) is 53.6 Å². The normalized spacial score (nSPS) is 15.1. The molecule has 1 saturated carbocycles. The lowest BCUT2D eigenvalue weighted by Crippen LogP contribution is -2.41. The van der Waals surface area contributed by atoms with Gasteiger partial charge >= 0.3 is 5.97 Å². The quantitative estimate of drug-likeness (QED) is 0.421. The summed E-state index contributed by atoms with van der Waals surface area (Å²) in [4.78, 5) is 30.7. The maximum atomic E-state index is 13.4. The molecule has 0 saturated heterocycles. The van der Waals surface area contributed by atoms with Crippen LogP contribution in [-0.4, -0.2) is 53.9 Å². The first-order valence-corrected chi connectivity index (χ1v) is 11.8. The molecule has 1 aliphatic rings. The van der Waals surface area contributed by atoms with E-state index in [1.165, 1.54) is 22.6 Å². The summed E-state index contributed by atoms with van der Waals surface area (Å²) in [5.41, 5.74) is 6.32. The molecule has 3 aromatic rings. The van der Waals surface area contributed by atoms with Crippen molar-refractivity contribution >= 4 is 50.2 Å². The summed E-state index contributed by atoms with van der Waals surface area (Å²) in [6, 6.07) is 4.17. The number of rotatable bonds is 8. The summed E-state index contributed by atoms with van der Waals surface area (Å²) in [5.74, 6) is -0.565. The zero-order valence-corrected chi connectivity index (χ0v) is 19.5. The van der Waals surface area contributed by atoms with Crippen molar-refractivity contribution < 1.29 is 17.9 Å². The van der Waals surface area contributed by atoms with E-state index in [1.54, 1.807) is 13.0 Å². The number of carbonyl (C=O) groups excluding carboxylic acids is 1. The standard InChI is InChI=1S/C21H26N4O5S.ClH/c1-3-8-30-21(27)16-10-23-19-18(16)15-9-14(6-7-17(15)24-20(19)26)31(28,29)25(11-12(2)22)13-4-5-13;/h6-7,9-10,12-13,23H,3-5,8,11,22H2,1-2H3,(H,24,26);1H/t12-;/m1./s1. The van der Waals surface area contributed by atoms with Crippen LogP contribution in [0.1, 0.15) is 43.5 Å². The molecule has 2 heterocycles. The number of aromatic nitrogens is 2. The molecule has 0 spiro atoms. The van der Waals surface area contributed by atoms with Gasteiger partial charge in [0.1, 0.15) is 5.52 Å². The number of sulfonamides is 1. The predicted molar refractivity (Wildman–Crippen MR) is 125 cm³/mol. The lowest BCUT2D eigenvalue weighted by Gasteiger charge is -2.23. The number of hydrogen-bond donors (Lipinski definition) is 3. The maximum absolute atomic E-state index is 13.4. The van der Waals surface area contributed by atoms with E-state index in [0.29, 0.717) is 22.7 Å². The fourth-order valence-corrected chi connectivity index (χ4v) is 5.54. The second kappa shape index (κ2) is 9.22. The first-order valence-electron chi connectivity index (χ1n) is 10.4. The molecule has 1 aliphatic carbocycles. The third-order valence-corrected chi connectivity index (χ3v) is 7.22. The van der Waals surface area contributed by atoms with E-state index in [0.717, 1.165) is 12.8 Å². The summed E-state index contributed by atoms with van der Waals surface area (Å²) < 4.78 is 33.5. The minimum absolute atomic E-state index is 0. The van der Waals surface area contributed by atoms with Gasteiger partial charge in [0, 0.05) is 41.1 Å². The first-order chi connectivity index (χ1) is 14.7. The Morgan fingerprint density at radius 1 is 1.34 bits per heavy atom. The van der Waals surface area contributed by atoms with Crippen molar-refractivity contribution in [2.24, 2.45) is 5.73 Å². The van der Waals surface area contributed by atoms with Gasteiger partial charge in [-0.05, 0) is 44.4 Å². The summed E-state index contributed by atoms with van der Waals surface area (Å²) in [5, 5.41) is 0.805. The molecule has 4 N–H and O–H groups in total. The number of H-pyrrole nitrogens is 2. The SMILES string of the molecule is CCCOC(=O)c1c[nH]c2c(=O)[nH]c3ccc(S(=O)(=O)N(C[C@@H](C)N)C4CC4)cc3c12.Cl. The summed E-state index contributed by atoms with van der Waals surface area (Å²) >= 11 is 0. The largest absolute Gasteiger partial charge is 0.462 e. The van der Waals surface area contributed by atoms with Crippen LogP contribution in [0.5, 0.6) is 0 Å². The second-order valence-corrected chi connectivity index (χ2v) is 9.92. The van der Waals surface area contributed by atoms with Gasteiger partial charge in [-0.1, -0.05) is 6.92 Å². The third kappa shape index (κ3) is 4.40. The molecule has 0 bridgehead atoms. The van der Waals surface area contributed by atoms with Crippen molar-refractivity contribution in [3.05, 3.63) is 40.3 Å². The number of hydrogen-bond acceptors (Lipinski definition) is 6. The summed E-state index contributed by atoms with van der Waals surface area (Å²) in [6.45, 7) is 4.13. The molecule has 1 atom stereocenters. The number of nitrogens with two attached hydrogens (primary N) is 1. The predicted octanol–water partition coefficient (Wildman–Crippen LogP) is 2.50. The van der Waals surface area contributed by atoms with Crippen molar-refractivity contribution in [3.8, 4) is 0 Å². The Morgan fingerprint density at radius 2 is 2.06 bits per heavy atom. The lowest BCUT2D eigenvalue weighted by molar-refractivity contribution is 0.0507. The number of carbonyl (C=O) groups is 1. The number of benzene rings is 1. The molecule has 0 amide bonds. The number of esters is 1. The molecular weight excluding hydrogens is 456 g/mol. The van der Waals surface area contributed by atoms with Gasteiger partial charge in [0.25, 0.3) is 5.56 Å². The van der Waals surface area contributed by atoms with E-state index in [9.17, 15) is 18.0 Å². The number of fused-ring (bicyclic) bond motifs is 3. The molecule has 0 aliphatic heterocycles. The monoisotopic (exact) mass is 482 g/mol. The second-order valence-electron chi connectivity index (χ2n) is 8.03. The molecule has 11 heteroatoms. The van der Waals surface area contributed by atoms with Crippen molar-refractivity contribution in [3.63, 3.8) is 0 Å². The van der Waals surface area contributed by atoms with E-state index < -0.39 is 21.6 Å². The zero-order valence-electron chi connectivity index (χ0n) is 17.9. The average molecular weight is 483 g/mol. The van der Waals surface area contributed by atoms with Crippen molar-refractivity contribution in [1.29, 1.82) is 0 Å². The molecule has 1 fully saturated rings. The Kier molecular flexibility index (Phi) is 6.99. The van der Waals surface area contributed by atoms with Gasteiger partial charge < -0.3 is 20.4 Å². The average Bonchev–Trinajstić information content (AvgIpc) is 3.46. The van der Waals surface area contributed by atoms with Gasteiger partial charge in [0.15, 0.2) is 0 Å². The Labute approximate surface area is 191 Å². The third-order valence-electron chi connectivity index (χ3n) is 5.30. The van der Waals surface area contributed by atoms with Crippen LogP contribution in [0.15, 0.2) is 34.1 Å². The number of nitrogens with zero attached hydrogens (tertiary/aromatic N) is 1. The molecule has 2 aromatic heterocycles. The van der Waals surface area contributed by atoms with E-state index in [2.05, 4.69) is 9.97 Å². The topological polar surface area (TPSA) is 138 Å². The molecule has 174 valence electrons. The smallest absolute Gasteiger partial charge is 0.340 e. The van der Waals surface area contributed by atoms with Crippen LogP contribution in [-0.2, 0) is 14.8 Å². The lowest BCUT2D eigenvalue weighted by atomic mass is 10.1. The Morgan fingerprint density at radius 3 is 2.69 bits per heavy atom. The van der Waals surface area contributed by atoms with Crippen LogP contribution < -0.4 is 11.3 Å². The highest BCUT2D eigenvalue weighted by Crippen LogP contribution is 2.34. The fraction of sp³-hybridized carbons (Fsp3) is 0.429. The number of halogens is 1. The van der Waals surface area contributed by atoms with Crippen LogP contribution in [0.2, 0.25) is 0 Å². The number of aromatic amines is 2. The Hall–Kier alpha value is -2.40. The first kappa shape index (κ1) is 24.2. The Bertz CT molecular complexity index is 1310. The van der Waals surface area contributed by atoms with Gasteiger partial charge in [0.2, 0.25) is 10.0 Å². The highest BCUT2D eigenvalue weighted by molar-refractivity contribution is 7.89. The minimum Gasteiger partial charge on any atom is -0.462 e. The van der Waals surface area contributed by atoms with Crippen LogP contribution in [0.4, 0.5) is 0 Å².